The summed E-state index contributed by atoms with van der Waals surface area (Å²) in [4.78, 5) is 12.2. The van der Waals surface area contributed by atoms with Gasteiger partial charge in [-0.15, -0.1) is 0 Å². The first-order chi connectivity index (χ1) is 10.2. The molecule has 23 heavy (non-hydrogen) atoms. The molecule has 0 aromatic heterocycles. The van der Waals surface area contributed by atoms with Crippen LogP contribution < -0.4 is 0 Å². The first-order valence-corrected chi connectivity index (χ1v) is 8.00. The third kappa shape index (κ3) is 4.60. The van der Waals surface area contributed by atoms with Crippen molar-refractivity contribution in [2.24, 2.45) is 0 Å². The molecule has 1 unspecified atom stereocenters. The lowest BCUT2D eigenvalue weighted by molar-refractivity contribution is -0.140. The summed E-state index contributed by atoms with van der Waals surface area (Å²) >= 11 is 0. The highest BCUT2D eigenvalue weighted by Gasteiger charge is 2.29. The van der Waals surface area contributed by atoms with Crippen LogP contribution in [0.15, 0.2) is 24.5 Å². The minimum absolute atomic E-state index is 0.224. The Kier molecular flexibility index (Phi) is 5.35. The smallest absolute Gasteiger partial charge is 0.318 e. The van der Waals surface area contributed by atoms with Crippen LogP contribution in [0.5, 0.6) is 5.75 Å². The molecule has 0 aliphatic carbocycles. The van der Waals surface area contributed by atoms with Crippen LogP contribution in [0.4, 0.5) is 0 Å². The van der Waals surface area contributed by atoms with E-state index in [0.29, 0.717) is 11.5 Å². The molecule has 3 nitrogen and oxygen atoms in total. The number of aromatic hydroxyl groups is 1. The van der Waals surface area contributed by atoms with Crippen molar-refractivity contribution < 1.29 is 14.6 Å². The average molecular weight is 318 g/mol. The van der Waals surface area contributed by atoms with Crippen LogP contribution in [0.3, 0.4) is 0 Å². The number of benzene rings is 1. The number of rotatable bonds is 3. The van der Waals surface area contributed by atoms with Crippen molar-refractivity contribution in [2.45, 2.75) is 72.1 Å². The monoisotopic (exact) mass is 318 g/mol. The molecule has 0 saturated carbocycles. The van der Waals surface area contributed by atoms with E-state index >= 15 is 0 Å². The number of phenolic OH excluding ortho intramolecular Hbond substituents is 1. The summed E-state index contributed by atoms with van der Waals surface area (Å²) in [7, 11) is 0. The van der Waals surface area contributed by atoms with Gasteiger partial charge in [0.15, 0.2) is 0 Å². The number of esters is 1. The minimum Gasteiger partial charge on any atom is -0.507 e. The topological polar surface area (TPSA) is 46.5 Å². The van der Waals surface area contributed by atoms with Gasteiger partial charge >= 0.3 is 5.97 Å². The molecular formula is C20H30O3. The van der Waals surface area contributed by atoms with Crippen molar-refractivity contribution in [1.29, 1.82) is 0 Å². The molecule has 1 N–H and O–H groups in total. The van der Waals surface area contributed by atoms with Gasteiger partial charge < -0.3 is 9.84 Å². The van der Waals surface area contributed by atoms with E-state index in [1.54, 1.807) is 6.92 Å². The molecule has 0 saturated heterocycles. The fraction of sp³-hybridized carbons (Fsp3) is 0.550. The lowest BCUT2D eigenvalue weighted by Gasteiger charge is -2.29. The standard InChI is InChI=1S/C20H30O3/c1-12(2)23-18(22)13(3)14-10-15(19(4,5)6)17(21)16(11-14)20(7,8)9/h10-11,13,21H,1H2,2-9H3. The van der Waals surface area contributed by atoms with Gasteiger partial charge in [0.1, 0.15) is 5.75 Å². The lowest BCUT2D eigenvalue weighted by Crippen LogP contribution is -2.20. The molecule has 128 valence electrons. The van der Waals surface area contributed by atoms with Crippen LogP contribution in [0, 0.1) is 0 Å². The zero-order chi connectivity index (χ0) is 18.2. The van der Waals surface area contributed by atoms with E-state index in [4.69, 9.17) is 4.74 Å². The molecule has 0 aliphatic rings. The van der Waals surface area contributed by atoms with Gasteiger partial charge in [-0.25, -0.2) is 0 Å². The summed E-state index contributed by atoms with van der Waals surface area (Å²) in [6, 6.07) is 3.82. The van der Waals surface area contributed by atoms with E-state index in [1.807, 2.05) is 19.1 Å². The molecule has 1 atom stereocenters. The van der Waals surface area contributed by atoms with Crippen LogP contribution in [-0.4, -0.2) is 11.1 Å². The SMILES string of the molecule is C=C(C)OC(=O)C(C)c1cc(C(C)(C)C)c(O)c(C(C)(C)C)c1. The molecule has 0 bridgehead atoms. The number of hydrogen-bond donors (Lipinski definition) is 1. The van der Waals surface area contributed by atoms with Crippen molar-refractivity contribution in [3.8, 4) is 5.75 Å². The molecular weight excluding hydrogens is 288 g/mol. The average Bonchev–Trinajstić information content (AvgIpc) is 2.34. The van der Waals surface area contributed by atoms with Crippen LogP contribution >= 0.6 is 0 Å². The van der Waals surface area contributed by atoms with Gasteiger partial charge in [0.2, 0.25) is 0 Å². The molecule has 1 aromatic rings. The number of hydrogen-bond acceptors (Lipinski definition) is 3. The van der Waals surface area contributed by atoms with Crippen molar-refractivity contribution >= 4 is 5.97 Å². The Hall–Kier alpha value is -1.77. The Morgan fingerprint density at radius 1 is 1.09 bits per heavy atom. The molecule has 1 rings (SSSR count). The second-order valence-electron chi connectivity index (χ2n) is 8.31. The maximum Gasteiger partial charge on any atom is 0.318 e. The van der Waals surface area contributed by atoms with Crippen LogP contribution in [0.1, 0.15) is 78.0 Å². The first kappa shape index (κ1) is 19.3. The Bertz CT molecular complexity index is 578. The maximum absolute atomic E-state index is 12.2. The van der Waals surface area contributed by atoms with Gasteiger partial charge in [-0.2, -0.15) is 0 Å². The van der Waals surface area contributed by atoms with Crippen LogP contribution in [0.25, 0.3) is 0 Å². The number of allylic oxidation sites excluding steroid dienone is 1. The Balaban J connectivity index is 3.50. The summed E-state index contributed by atoms with van der Waals surface area (Å²) in [5.74, 6) is -0.0562. The van der Waals surface area contributed by atoms with E-state index < -0.39 is 5.92 Å². The van der Waals surface area contributed by atoms with E-state index in [2.05, 4.69) is 48.1 Å². The molecule has 0 radical (unpaired) electrons. The largest absolute Gasteiger partial charge is 0.507 e. The number of carbonyl (C=O) groups excluding carboxylic acids is 1. The van der Waals surface area contributed by atoms with E-state index in [9.17, 15) is 9.90 Å². The van der Waals surface area contributed by atoms with Crippen molar-refractivity contribution in [3.63, 3.8) is 0 Å². The second kappa shape index (κ2) is 6.38. The Labute approximate surface area is 140 Å². The summed E-state index contributed by atoms with van der Waals surface area (Å²) in [5, 5.41) is 10.7. The molecule has 0 spiro atoms. The molecule has 3 heteroatoms. The number of carbonyl (C=O) groups is 1. The summed E-state index contributed by atoms with van der Waals surface area (Å²) < 4.78 is 5.15. The van der Waals surface area contributed by atoms with E-state index in [1.165, 1.54) is 0 Å². The van der Waals surface area contributed by atoms with Gasteiger partial charge in [0, 0.05) is 0 Å². The van der Waals surface area contributed by atoms with E-state index in [0.717, 1.165) is 16.7 Å². The van der Waals surface area contributed by atoms with Gasteiger partial charge in [-0.05, 0) is 41.4 Å². The van der Waals surface area contributed by atoms with Crippen molar-refractivity contribution in [2.75, 3.05) is 0 Å². The molecule has 0 amide bonds. The zero-order valence-electron chi connectivity index (χ0n) is 15.7. The first-order valence-electron chi connectivity index (χ1n) is 8.00. The third-order valence-corrected chi connectivity index (χ3v) is 3.88. The summed E-state index contributed by atoms with van der Waals surface area (Å²) in [6.45, 7) is 19.4. The Morgan fingerprint density at radius 3 is 1.78 bits per heavy atom. The highest BCUT2D eigenvalue weighted by atomic mass is 16.5. The van der Waals surface area contributed by atoms with Gasteiger partial charge in [-0.1, -0.05) is 60.3 Å². The van der Waals surface area contributed by atoms with Gasteiger partial charge in [-0.3, -0.25) is 4.79 Å². The molecule has 0 fully saturated rings. The highest BCUT2D eigenvalue weighted by molar-refractivity contribution is 5.79. The predicted octanol–water partition coefficient (Wildman–Crippen LogP) is 5.17. The van der Waals surface area contributed by atoms with Crippen LogP contribution in [0.2, 0.25) is 0 Å². The second-order valence-corrected chi connectivity index (χ2v) is 8.31. The third-order valence-electron chi connectivity index (χ3n) is 3.88. The van der Waals surface area contributed by atoms with Gasteiger partial charge in [0.25, 0.3) is 0 Å². The summed E-state index contributed by atoms with van der Waals surface area (Å²) in [6.07, 6.45) is 0. The number of phenols is 1. The molecule has 0 heterocycles. The lowest BCUT2D eigenvalue weighted by atomic mass is 9.77. The maximum atomic E-state index is 12.2. The summed E-state index contributed by atoms with van der Waals surface area (Å²) in [5.41, 5.74) is 2.09. The quantitative estimate of drug-likeness (QED) is 0.618. The van der Waals surface area contributed by atoms with Gasteiger partial charge in [0.05, 0.1) is 11.7 Å². The number of ether oxygens (including phenoxy) is 1. The van der Waals surface area contributed by atoms with Crippen molar-refractivity contribution in [1.82, 2.24) is 0 Å². The van der Waals surface area contributed by atoms with Crippen LogP contribution in [-0.2, 0) is 20.4 Å². The normalized spacial score (nSPS) is 13.6. The minimum atomic E-state index is -0.422. The molecule has 1 aromatic carbocycles. The highest BCUT2D eigenvalue weighted by Crippen LogP contribution is 2.41. The predicted molar refractivity (Wildman–Crippen MR) is 94.8 cm³/mol. The van der Waals surface area contributed by atoms with Crippen molar-refractivity contribution in [3.05, 3.63) is 41.2 Å². The zero-order valence-corrected chi connectivity index (χ0v) is 15.7. The Morgan fingerprint density at radius 2 is 1.48 bits per heavy atom. The fourth-order valence-electron chi connectivity index (χ4n) is 2.45. The fourth-order valence-corrected chi connectivity index (χ4v) is 2.45. The molecule has 0 aliphatic heterocycles. The van der Waals surface area contributed by atoms with E-state index in [-0.39, 0.29) is 16.8 Å².